The van der Waals surface area contributed by atoms with Gasteiger partial charge in [0.2, 0.25) is 5.79 Å². The molecule has 0 saturated carbocycles. The van der Waals surface area contributed by atoms with Crippen molar-refractivity contribution in [1.82, 2.24) is 18.8 Å². The monoisotopic (exact) mass is 594 g/mol. The third kappa shape index (κ3) is 6.45. The third-order valence-corrected chi connectivity index (χ3v) is 8.99. The van der Waals surface area contributed by atoms with Gasteiger partial charge in [0.1, 0.15) is 18.5 Å². The van der Waals surface area contributed by atoms with Gasteiger partial charge >= 0.3 is 0 Å². The Kier molecular flexibility index (Phi) is 9.18. The summed E-state index contributed by atoms with van der Waals surface area (Å²) in [7, 11) is 1.75. The van der Waals surface area contributed by atoms with E-state index in [1.165, 1.54) is 5.70 Å². The molecule has 1 unspecified atom stereocenters. The maximum absolute atomic E-state index is 6.60. The molecule has 0 amide bonds. The molecule has 8 nitrogen and oxygen atoms in total. The summed E-state index contributed by atoms with van der Waals surface area (Å²) in [6, 6.07) is 5.37. The highest BCUT2D eigenvalue weighted by atomic mass is 35.5. The molecule has 0 N–H and O–H groups in total. The van der Waals surface area contributed by atoms with Crippen molar-refractivity contribution in [3.8, 4) is 0 Å². The fourth-order valence-electron chi connectivity index (χ4n) is 5.29. The van der Waals surface area contributed by atoms with Gasteiger partial charge in [-0.05, 0) is 38.1 Å². The zero-order chi connectivity index (χ0) is 27.5. The number of allylic oxidation sites excluding steroid dienone is 2. The third-order valence-electron chi connectivity index (χ3n) is 7.37. The number of imidazole rings is 1. The van der Waals surface area contributed by atoms with Crippen LogP contribution < -0.4 is 0 Å². The van der Waals surface area contributed by atoms with Crippen molar-refractivity contribution in [2.24, 2.45) is 5.41 Å². The Hall–Kier alpha value is -1.72. The number of aromatic nitrogens is 2. The highest BCUT2D eigenvalue weighted by Gasteiger charge is 2.46. The average Bonchev–Trinajstić information content (AvgIpc) is 3.63. The molecule has 39 heavy (non-hydrogen) atoms. The van der Waals surface area contributed by atoms with Crippen LogP contribution >= 0.6 is 35.1 Å². The molecule has 1 aliphatic carbocycles. The van der Waals surface area contributed by atoms with Gasteiger partial charge in [-0.15, -0.1) is 0 Å². The van der Waals surface area contributed by atoms with Crippen LogP contribution in [0.3, 0.4) is 0 Å². The minimum Gasteiger partial charge on any atom is -0.494 e. The molecule has 2 aliphatic heterocycles. The lowest BCUT2D eigenvalue weighted by molar-refractivity contribution is -0.190. The molecule has 3 heterocycles. The fourth-order valence-corrected chi connectivity index (χ4v) is 6.77. The molecule has 2 fully saturated rings. The molecule has 11 heteroatoms. The summed E-state index contributed by atoms with van der Waals surface area (Å²) >= 11 is 14.6. The Morgan fingerprint density at radius 3 is 2.69 bits per heavy atom. The maximum Gasteiger partial charge on any atom is 0.215 e. The smallest absolute Gasteiger partial charge is 0.215 e. The SMILES string of the molecule is COCCSN1CCN(C2=CC=C(OCC3CO[C@@](Cn4ccnc4)(c4ccc(Cl)cc4Cl)O3)C2(C)C)CC1. The molecule has 1 aromatic heterocycles. The van der Waals surface area contributed by atoms with Crippen molar-refractivity contribution in [2.45, 2.75) is 32.3 Å². The van der Waals surface area contributed by atoms with E-state index in [0.717, 1.165) is 49.9 Å². The van der Waals surface area contributed by atoms with Gasteiger partial charge in [-0.25, -0.2) is 9.29 Å². The molecular weight excluding hydrogens is 559 g/mol. The predicted molar refractivity (Wildman–Crippen MR) is 155 cm³/mol. The van der Waals surface area contributed by atoms with Gasteiger partial charge in [0, 0.05) is 67.7 Å². The Morgan fingerprint density at radius 1 is 1.15 bits per heavy atom. The number of hydrogen-bond donors (Lipinski definition) is 0. The maximum atomic E-state index is 6.60. The molecule has 5 rings (SSSR count). The van der Waals surface area contributed by atoms with E-state index >= 15 is 0 Å². The van der Waals surface area contributed by atoms with E-state index in [1.807, 2.05) is 28.8 Å². The van der Waals surface area contributed by atoms with E-state index in [4.69, 9.17) is 42.1 Å². The minimum absolute atomic E-state index is 0.224. The molecule has 2 atom stereocenters. The summed E-state index contributed by atoms with van der Waals surface area (Å²) in [5.41, 5.74) is 1.80. The van der Waals surface area contributed by atoms with Crippen LogP contribution in [-0.2, 0) is 31.3 Å². The fraction of sp³-hybridized carbons (Fsp3) is 0.536. The number of piperazine rings is 1. The Morgan fingerprint density at radius 2 is 1.97 bits per heavy atom. The topological polar surface area (TPSA) is 61.2 Å². The summed E-state index contributed by atoms with van der Waals surface area (Å²) < 4.78 is 28.8. The lowest BCUT2D eigenvalue weighted by Gasteiger charge is -2.41. The van der Waals surface area contributed by atoms with Gasteiger partial charge in [0.05, 0.1) is 36.5 Å². The second kappa shape index (κ2) is 12.4. The Balaban J connectivity index is 1.19. The number of benzene rings is 1. The molecule has 2 saturated heterocycles. The first-order valence-electron chi connectivity index (χ1n) is 13.2. The lowest BCUT2D eigenvalue weighted by atomic mass is 9.89. The van der Waals surface area contributed by atoms with E-state index in [2.05, 4.69) is 40.2 Å². The molecule has 2 aromatic rings. The minimum atomic E-state index is -1.07. The van der Waals surface area contributed by atoms with Crippen molar-refractivity contribution in [2.75, 3.05) is 58.9 Å². The van der Waals surface area contributed by atoms with Gasteiger partial charge in [0.15, 0.2) is 0 Å². The molecule has 3 aliphatic rings. The van der Waals surface area contributed by atoms with Crippen LogP contribution in [0.2, 0.25) is 10.0 Å². The second-order valence-electron chi connectivity index (χ2n) is 10.4. The number of nitrogens with zero attached hydrogens (tertiary/aromatic N) is 4. The summed E-state index contributed by atoms with van der Waals surface area (Å²) in [5, 5.41) is 1.05. The van der Waals surface area contributed by atoms with Gasteiger partial charge in [-0.1, -0.05) is 41.2 Å². The average molecular weight is 596 g/mol. The summed E-state index contributed by atoms with van der Waals surface area (Å²) in [6.07, 6.45) is 9.37. The molecule has 0 spiro atoms. The van der Waals surface area contributed by atoms with Gasteiger partial charge < -0.3 is 28.4 Å². The molecule has 0 radical (unpaired) electrons. The van der Waals surface area contributed by atoms with Crippen LogP contribution in [0, 0.1) is 5.41 Å². The molecule has 0 bridgehead atoms. The summed E-state index contributed by atoms with van der Waals surface area (Å²) in [5.74, 6) is 0.861. The zero-order valence-corrected chi connectivity index (χ0v) is 25.0. The number of methoxy groups -OCH3 is 1. The number of halogens is 2. The van der Waals surface area contributed by atoms with Crippen LogP contribution in [0.1, 0.15) is 19.4 Å². The van der Waals surface area contributed by atoms with Crippen LogP contribution in [-0.4, -0.2) is 83.7 Å². The van der Waals surface area contributed by atoms with Crippen molar-refractivity contribution in [3.63, 3.8) is 0 Å². The van der Waals surface area contributed by atoms with Crippen LogP contribution in [0.25, 0.3) is 0 Å². The number of ether oxygens (including phenoxy) is 4. The number of rotatable bonds is 11. The Bertz CT molecular complexity index is 1180. The van der Waals surface area contributed by atoms with E-state index < -0.39 is 5.79 Å². The van der Waals surface area contributed by atoms with E-state index in [9.17, 15) is 0 Å². The summed E-state index contributed by atoms with van der Waals surface area (Å²) in [4.78, 5) is 6.64. The van der Waals surface area contributed by atoms with E-state index in [0.29, 0.717) is 29.8 Å². The lowest BCUT2D eigenvalue weighted by Crippen LogP contribution is -2.45. The van der Waals surface area contributed by atoms with Crippen molar-refractivity contribution in [1.29, 1.82) is 0 Å². The standard InChI is InChI=1S/C28H36Cl2N4O4S/c1-27(2)25(33-10-12-34(13-11-33)39-15-14-35-3)6-7-26(27)36-17-22-18-37-28(38-22,19-32-9-8-31-20-32)23-5-4-21(29)16-24(23)30/h4-9,16,20,22H,10-15,17-19H2,1-3H3/t22?,28-/m1/s1. The normalized spacial score (nSPS) is 25.2. The predicted octanol–water partition coefficient (Wildman–Crippen LogP) is 5.19. The van der Waals surface area contributed by atoms with Gasteiger partial charge in [0.25, 0.3) is 0 Å². The van der Waals surface area contributed by atoms with E-state index in [-0.39, 0.29) is 11.5 Å². The first-order chi connectivity index (χ1) is 18.8. The molecule has 212 valence electrons. The van der Waals surface area contributed by atoms with E-state index in [1.54, 1.807) is 31.8 Å². The van der Waals surface area contributed by atoms with Gasteiger partial charge in [-0.3, -0.25) is 0 Å². The quantitative estimate of drug-likeness (QED) is 0.260. The van der Waals surface area contributed by atoms with Crippen LogP contribution in [0.4, 0.5) is 0 Å². The van der Waals surface area contributed by atoms with Gasteiger partial charge in [-0.2, -0.15) is 0 Å². The number of hydrogen-bond acceptors (Lipinski definition) is 8. The second-order valence-corrected chi connectivity index (χ2v) is 12.5. The first-order valence-corrected chi connectivity index (χ1v) is 14.9. The molecule has 1 aromatic carbocycles. The summed E-state index contributed by atoms with van der Waals surface area (Å²) in [6.45, 7) is 10.4. The highest BCUT2D eigenvalue weighted by Crippen LogP contribution is 2.44. The van der Waals surface area contributed by atoms with Crippen molar-refractivity contribution < 1.29 is 18.9 Å². The zero-order valence-electron chi connectivity index (χ0n) is 22.6. The first kappa shape index (κ1) is 28.8. The highest BCUT2D eigenvalue weighted by molar-refractivity contribution is 7.97. The Labute approximate surface area is 245 Å². The van der Waals surface area contributed by atoms with Crippen LogP contribution in [0.15, 0.2) is 60.5 Å². The largest absolute Gasteiger partial charge is 0.494 e. The van der Waals surface area contributed by atoms with Crippen LogP contribution in [0.5, 0.6) is 0 Å². The molecular formula is C28H36Cl2N4O4S. The van der Waals surface area contributed by atoms with Crippen molar-refractivity contribution >= 4 is 35.1 Å². The van der Waals surface area contributed by atoms with Crippen molar-refractivity contribution in [3.05, 3.63) is 76.1 Å².